The van der Waals surface area contributed by atoms with Crippen LogP contribution in [0, 0.1) is 0 Å². The highest BCUT2D eigenvalue weighted by molar-refractivity contribution is 5.92. The Kier molecular flexibility index (Phi) is 7.39. The normalized spacial score (nSPS) is 11.6. The number of phenols is 1. The van der Waals surface area contributed by atoms with Gasteiger partial charge in [-0.05, 0) is 36.8 Å². The topological polar surface area (TPSA) is 151 Å². The largest absolute Gasteiger partial charge is 0.506 e. The van der Waals surface area contributed by atoms with Gasteiger partial charge in [-0.25, -0.2) is 4.79 Å². The summed E-state index contributed by atoms with van der Waals surface area (Å²) in [7, 11) is 1.38. The lowest BCUT2D eigenvalue weighted by Gasteiger charge is -2.20. The Hall–Kier alpha value is -4.21. The summed E-state index contributed by atoms with van der Waals surface area (Å²) in [4.78, 5) is 40.1. The second-order valence-corrected chi connectivity index (χ2v) is 7.06. The second-order valence-electron chi connectivity index (χ2n) is 7.06. The van der Waals surface area contributed by atoms with Gasteiger partial charge in [-0.1, -0.05) is 6.07 Å². The Bertz CT molecular complexity index is 1180. The maximum atomic E-state index is 12.7. The number of hydrogen-bond acceptors (Lipinski definition) is 8. The van der Waals surface area contributed by atoms with Crippen molar-refractivity contribution in [3.63, 3.8) is 0 Å². The quantitative estimate of drug-likeness (QED) is 0.358. The van der Waals surface area contributed by atoms with Crippen LogP contribution in [0.25, 0.3) is 0 Å². The number of rotatable bonds is 9. The molecule has 1 atom stereocenters. The zero-order valence-electron chi connectivity index (χ0n) is 18.1. The average molecular weight is 456 g/mol. The lowest BCUT2D eigenvalue weighted by molar-refractivity contribution is -0.121. The van der Waals surface area contributed by atoms with Crippen LogP contribution in [0.1, 0.15) is 46.5 Å². The smallest absolute Gasteiger partial charge is 0.343 e. The number of esters is 1. The zero-order chi connectivity index (χ0) is 24.0. The van der Waals surface area contributed by atoms with E-state index in [0.29, 0.717) is 11.3 Å². The summed E-state index contributed by atoms with van der Waals surface area (Å²) >= 11 is 0. The van der Waals surface area contributed by atoms with Gasteiger partial charge in [0.05, 0.1) is 32.1 Å². The molecule has 4 N–H and O–H groups in total. The fraction of sp³-hybridized carbons (Fsp3) is 0.261. The number of carbonyl (C=O) groups excluding carboxylic acids is 2. The summed E-state index contributed by atoms with van der Waals surface area (Å²) in [5.74, 6) is -2.37. The van der Waals surface area contributed by atoms with Crippen molar-refractivity contribution >= 4 is 11.9 Å². The Balaban J connectivity index is 2.02. The number of methoxy groups -OCH3 is 1. The third-order valence-electron chi connectivity index (χ3n) is 4.98. The number of phenolic OH excluding ortho intramolecular Hbond substituents is 1. The first-order valence-corrected chi connectivity index (χ1v) is 10.1. The maximum absolute atomic E-state index is 12.7. The molecule has 3 aromatic rings. The van der Waals surface area contributed by atoms with E-state index in [4.69, 9.17) is 13.9 Å². The molecule has 3 rings (SSSR count). The Morgan fingerprint density at radius 2 is 2.03 bits per heavy atom. The molecular formula is C23H24N2O8. The van der Waals surface area contributed by atoms with Gasteiger partial charge in [0, 0.05) is 18.5 Å². The average Bonchev–Trinajstić information content (AvgIpc) is 3.31. The van der Waals surface area contributed by atoms with Crippen molar-refractivity contribution in [2.75, 3.05) is 13.7 Å². The van der Waals surface area contributed by atoms with Gasteiger partial charge in [-0.15, -0.1) is 0 Å². The number of hydrogen-bond donors (Lipinski definition) is 4. The summed E-state index contributed by atoms with van der Waals surface area (Å²) in [5.41, 5.74) is -0.800. The van der Waals surface area contributed by atoms with E-state index in [1.54, 1.807) is 25.1 Å². The molecule has 0 radical (unpaired) electrons. The van der Waals surface area contributed by atoms with Crippen LogP contribution in [0.2, 0.25) is 0 Å². The number of furan rings is 1. The molecule has 33 heavy (non-hydrogen) atoms. The van der Waals surface area contributed by atoms with E-state index in [1.165, 1.54) is 25.5 Å². The number of aromatic amines is 1. The fourth-order valence-electron chi connectivity index (χ4n) is 3.39. The third-order valence-corrected chi connectivity index (χ3v) is 4.98. The van der Waals surface area contributed by atoms with E-state index >= 15 is 0 Å². The van der Waals surface area contributed by atoms with Crippen LogP contribution >= 0.6 is 0 Å². The molecule has 0 aliphatic heterocycles. The first kappa shape index (κ1) is 23.5. The van der Waals surface area contributed by atoms with Crippen LogP contribution in [0.3, 0.4) is 0 Å². The minimum absolute atomic E-state index is 0.0672. The second kappa shape index (κ2) is 10.4. The van der Waals surface area contributed by atoms with Gasteiger partial charge >= 0.3 is 5.97 Å². The number of aromatic nitrogens is 1. The predicted molar refractivity (Wildman–Crippen MR) is 116 cm³/mol. The molecule has 1 aromatic carbocycles. The molecule has 0 spiro atoms. The third kappa shape index (κ3) is 5.35. The molecular weight excluding hydrogens is 432 g/mol. The van der Waals surface area contributed by atoms with Gasteiger partial charge in [-0.2, -0.15) is 0 Å². The number of ether oxygens (including phenoxy) is 2. The lowest BCUT2D eigenvalue weighted by Crippen LogP contribution is -2.27. The van der Waals surface area contributed by atoms with E-state index in [9.17, 15) is 24.6 Å². The zero-order valence-corrected chi connectivity index (χ0v) is 18.1. The molecule has 174 valence electrons. The van der Waals surface area contributed by atoms with E-state index in [1.807, 2.05) is 0 Å². The molecule has 0 unspecified atom stereocenters. The molecule has 0 bridgehead atoms. The van der Waals surface area contributed by atoms with E-state index in [0.717, 1.165) is 6.20 Å². The summed E-state index contributed by atoms with van der Waals surface area (Å²) in [6, 6.07) is 7.73. The molecule has 0 saturated carbocycles. The number of amides is 1. The van der Waals surface area contributed by atoms with Gasteiger partial charge in [-0.3, -0.25) is 9.59 Å². The maximum Gasteiger partial charge on any atom is 0.343 e. The van der Waals surface area contributed by atoms with Crippen LogP contribution in [-0.4, -0.2) is 40.8 Å². The molecule has 10 nitrogen and oxygen atoms in total. The number of benzene rings is 1. The Labute approximate surface area is 188 Å². The monoisotopic (exact) mass is 456 g/mol. The van der Waals surface area contributed by atoms with Crippen molar-refractivity contribution in [2.45, 2.75) is 25.8 Å². The van der Waals surface area contributed by atoms with Crippen molar-refractivity contribution in [3.8, 4) is 17.2 Å². The number of carbonyl (C=O) groups is 2. The lowest BCUT2D eigenvalue weighted by atomic mass is 9.87. The van der Waals surface area contributed by atoms with Crippen molar-refractivity contribution in [1.82, 2.24) is 10.3 Å². The highest BCUT2D eigenvalue weighted by Crippen LogP contribution is 2.37. The van der Waals surface area contributed by atoms with Crippen molar-refractivity contribution in [3.05, 3.63) is 75.6 Å². The minimum Gasteiger partial charge on any atom is -0.506 e. The first-order valence-electron chi connectivity index (χ1n) is 10.1. The van der Waals surface area contributed by atoms with Gasteiger partial charge < -0.3 is 34.4 Å². The molecule has 2 aromatic heterocycles. The molecule has 10 heteroatoms. The number of nitrogens with one attached hydrogen (secondary N) is 2. The van der Waals surface area contributed by atoms with Gasteiger partial charge in [0.2, 0.25) is 5.91 Å². The van der Waals surface area contributed by atoms with Crippen LogP contribution < -0.4 is 15.6 Å². The highest BCUT2D eigenvalue weighted by atomic mass is 16.5. The SMILES string of the molecule is CCOC(=O)c1c[nH]c(=O)c([C@H](CC(=O)NCc2ccco2)c2ccc(OC)c(O)c2)c1O. The minimum atomic E-state index is -1.00. The summed E-state index contributed by atoms with van der Waals surface area (Å²) in [6.45, 7) is 1.79. The summed E-state index contributed by atoms with van der Waals surface area (Å²) < 4.78 is 15.2. The standard InChI is InChI=1S/C23H24N2O8/c1-3-32-23(30)16-12-25-22(29)20(21(16)28)15(13-6-7-18(31-2)17(26)9-13)10-19(27)24-11-14-5-4-8-33-14/h4-9,12,15,26H,3,10-11H2,1-2H3,(H,24,27)(H2,25,28,29)/t15-/m1/s1. The number of H-pyrrole nitrogens is 1. The van der Waals surface area contributed by atoms with Crippen LogP contribution in [-0.2, 0) is 16.1 Å². The Morgan fingerprint density at radius 1 is 1.24 bits per heavy atom. The number of pyridine rings is 1. The van der Waals surface area contributed by atoms with E-state index in [-0.39, 0.29) is 42.2 Å². The fourth-order valence-corrected chi connectivity index (χ4v) is 3.39. The summed E-state index contributed by atoms with van der Waals surface area (Å²) in [5, 5.41) is 23.7. The first-order chi connectivity index (χ1) is 15.8. The van der Waals surface area contributed by atoms with Crippen LogP contribution in [0.5, 0.6) is 17.2 Å². The van der Waals surface area contributed by atoms with Gasteiger partial charge in [0.25, 0.3) is 5.56 Å². The van der Waals surface area contributed by atoms with Gasteiger partial charge in [0.15, 0.2) is 11.5 Å². The van der Waals surface area contributed by atoms with Crippen molar-refractivity contribution in [1.29, 1.82) is 0 Å². The molecule has 2 heterocycles. The van der Waals surface area contributed by atoms with Crippen molar-refractivity contribution < 1.29 is 33.7 Å². The molecule has 0 aliphatic rings. The molecule has 1 amide bonds. The highest BCUT2D eigenvalue weighted by Gasteiger charge is 2.28. The molecule has 0 fully saturated rings. The van der Waals surface area contributed by atoms with Crippen LogP contribution in [0.4, 0.5) is 0 Å². The molecule has 0 aliphatic carbocycles. The molecule has 0 saturated heterocycles. The summed E-state index contributed by atoms with van der Waals surface area (Å²) in [6.07, 6.45) is 2.26. The van der Waals surface area contributed by atoms with Gasteiger partial charge in [0.1, 0.15) is 17.1 Å². The van der Waals surface area contributed by atoms with Crippen molar-refractivity contribution in [2.24, 2.45) is 0 Å². The Morgan fingerprint density at radius 3 is 2.67 bits per heavy atom. The predicted octanol–water partition coefficient (Wildman–Crippen LogP) is 2.40. The number of aromatic hydroxyl groups is 2. The van der Waals surface area contributed by atoms with E-state index < -0.39 is 29.1 Å². The van der Waals surface area contributed by atoms with E-state index in [2.05, 4.69) is 10.3 Å². The van der Waals surface area contributed by atoms with Crippen LogP contribution in [0.15, 0.2) is 52.0 Å².